The van der Waals surface area contributed by atoms with Crippen LogP contribution in [0.3, 0.4) is 0 Å². The van der Waals surface area contributed by atoms with E-state index in [0.717, 1.165) is 40.8 Å². The van der Waals surface area contributed by atoms with Crippen LogP contribution in [0.25, 0.3) is 0 Å². The summed E-state index contributed by atoms with van der Waals surface area (Å²) in [6, 6.07) is 18.9. The van der Waals surface area contributed by atoms with Gasteiger partial charge in [0.15, 0.2) is 11.5 Å². The van der Waals surface area contributed by atoms with Crippen molar-refractivity contribution in [1.82, 2.24) is 0 Å². The van der Waals surface area contributed by atoms with Gasteiger partial charge in [-0.2, -0.15) is 0 Å². The number of methoxy groups -OCH3 is 1. The first-order valence-corrected chi connectivity index (χ1v) is 15.0. The molecule has 2 aliphatic rings. The van der Waals surface area contributed by atoms with Crippen molar-refractivity contribution in [3.05, 3.63) is 87.9 Å². The molecule has 1 unspecified atom stereocenters. The minimum atomic E-state index is -0.987. The maximum absolute atomic E-state index is 13.9. The summed E-state index contributed by atoms with van der Waals surface area (Å²) < 4.78 is 22.9. The standard InChI is InChI=1S/C34H40ClNO6/c1-22(2)42-31-21-29-24(19-30(31)41-18-17-39-4)20-32(37)36(33(29)23-5-9-27(35)10-6-23)28-11-7-25(8-12-28)34(3,38)26-13-15-40-16-14-26/h5-12,19,21-22,26,33,38H,13-18,20H2,1-4H3/t33?,34-/m1/s1. The smallest absolute Gasteiger partial charge is 0.232 e. The third-order valence-electron chi connectivity index (χ3n) is 8.21. The van der Waals surface area contributed by atoms with E-state index >= 15 is 0 Å². The second-order valence-corrected chi connectivity index (χ2v) is 11.9. The van der Waals surface area contributed by atoms with E-state index in [1.54, 1.807) is 7.11 Å². The van der Waals surface area contributed by atoms with Gasteiger partial charge in [-0.25, -0.2) is 0 Å². The van der Waals surface area contributed by atoms with Gasteiger partial charge in [-0.3, -0.25) is 4.79 Å². The minimum absolute atomic E-state index is 0.0354. The first-order valence-electron chi connectivity index (χ1n) is 14.6. The van der Waals surface area contributed by atoms with Crippen molar-refractivity contribution in [2.75, 3.05) is 38.4 Å². The van der Waals surface area contributed by atoms with Crippen molar-refractivity contribution in [2.45, 2.75) is 57.8 Å². The Bertz CT molecular complexity index is 1370. The quantitative estimate of drug-likeness (QED) is 0.272. The highest BCUT2D eigenvalue weighted by Gasteiger charge is 2.38. The van der Waals surface area contributed by atoms with E-state index < -0.39 is 11.6 Å². The van der Waals surface area contributed by atoms with Gasteiger partial charge in [0, 0.05) is 31.0 Å². The van der Waals surface area contributed by atoms with Crippen molar-refractivity contribution in [3.8, 4) is 11.5 Å². The van der Waals surface area contributed by atoms with Crippen LogP contribution in [0.4, 0.5) is 5.69 Å². The molecule has 0 radical (unpaired) electrons. The van der Waals surface area contributed by atoms with Gasteiger partial charge in [0.2, 0.25) is 5.91 Å². The number of hydrogen-bond donors (Lipinski definition) is 1. The van der Waals surface area contributed by atoms with Crippen molar-refractivity contribution in [2.24, 2.45) is 5.92 Å². The number of hydrogen-bond acceptors (Lipinski definition) is 6. The molecular formula is C34H40ClNO6. The Hall–Kier alpha value is -3.10. The Morgan fingerprint density at radius 2 is 1.71 bits per heavy atom. The summed E-state index contributed by atoms with van der Waals surface area (Å²) in [6.45, 7) is 7.95. The minimum Gasteiger partial charge on any atom is -0.487 e. The molecule has 2 aliphatic heterocycles. The molecule has 0 bridgehead atoms. The van der Waals surface area contributed by atoms with E-state index in [2.05, 4.69) is 0 Å². The average Bonchev–Trinajstić information content (AvgIpc) is 2.98. The van der Waals surface area contributed by atoms with E-state index in [4.69, 9.17) is 30.5 Å². The molecule has 2 atom stereocenters. The Labute approximate surface area is 253 Å². The number of fused-ring (bicyclic) bond motifs is 1. The summed E-state index contributed by atoms with van der Waals surface area (Å²) in [5.41, 5.74) is 3.37. The molecule has 8 heteroatoms. The van der Waals surface area contributed by atoms with Gasteiger partial charge in [0.1, 0.15) is 6.61 Å². The molecule has 0 spiro atoms. The normalized spacial score (nSPS) is 19.0. The number of carbonyl (C=O) groups excluding carboxylic acids is 1. The van der Waals surface area contributed by atoms with E-state index in [1.807, 2.05) is 86.3 Å². The van der Waals surface area contributed by atoms with E-state index in [-0.39, 0.29) is 24.3 Å². The average molecular weight is 594 g/mol. The van der Waals surface area contributed by atoms with Crippen LogP contribution in [-0.2, 0) is 26.3 Å². The predicted octanol–water partition coefficient (Wildman–Crippen LogP) is 6.47. The predicted molar refractivity (Wildman–Crippen MR) is 164 cm³/mol. The highest BCUT2D eigenvalue weighted by Crippen LogP contribution is 2.44. The summed E-state index contributed by atoms with van der Waals surface area (Å²) in [7, 11) is 1.63. The zero-order chi connectivity index (χ0) is 29.9. The van der Waals surface area contributed by atoms with Crippen LogP contribution in [0.1, 0.15) is 61.9 Å². The molecule has 224 valence electrons. The molecule has 42 heavy (non-hydrogen) atoms. The molecule has 3 aromatic carbocycles. The SMILES string of the molecule is COCCOc1cc2c(cc1OC(C)C)C(c1ccc(Cl)cc1)N(c1ccc([C@@](C)(O)C3CCOCC3)cc1)C(=O)C2. The molecule has 1 N–H and O–H groups in total. The lowest BCUT2D eigenvalue weighted by molar-refractivity contribution is -0.118. The molecule has 0 saturated carbocycles. The van der Waals surface area contributed by atoms with E-state index in [1.165, 1.54) is 0 Å². The topological polar surface area (TPSA) is 77.5 Å². The molecular weight excluding hydrogens is 554 g/mol. The lowest BCUT2D eigenvalue weighted by Crippen LogP contribution is -2.41. The Morgan fingerprint density at radius 1 is 1.02 bits per heavy atom. The first kappa shape index (κ1) is 30.4. The maximum atomic E-state index is 13.9. The van der Waals surface area contributed by atoms with Crippen LogP contribution in [0.2, 0.25) is 5.02 Å². The molecule has 3 aromatic rings. The van der Waals surface area contributed by atoms with Gasteiger partial charge in [0.05, 0.1) is 30.8 Å². The number of amides is 1. The molecule has 1 saturated heterocycles. The molecule has 1 amide bonds. The number of ether oxygens (including phenoxy) is 4. The lowest BCUT2D eigenvalue weighted by Gasteiger charge is -2.39. The fourth-order valence-electron chi connectivity index (χ4n) is 5.97. The van der Waals surface area contributed by atoms with Crippen LogP contribution in [-0.4, -0.2) is 50.7 Å². The second-order valence-electron chi connectivity index (χ2n) is 11.5. The van der Waals surface area contributed by atoms with Crippen LogP contribution < -0.4 is 14.4 Å². The number of carbonyl (C=O) groups is 1. The third kappa shape index (κ3) is 6.45. The van der Waals surface area contributed by atoms with Crippen LogP contribution in [0.5, 0.6) is 11.5 Å². The Kier molecular flexibility index (Phi) is 9.43. The van der Waals surface area contributed by atoms with Crippen LogP contribution in [0.15, 0.2) is 60.7 Å². The molecule has 1 fully saturated rings. The zero-order valence-corrected chi connectivity index (χ0v) is 25.5. The number of nitrogens with zero attached hydrogens (tertiary/aromatic N) is 1. The monoisotopic (exact) mass is 593 g/mol. The fourth-order valence-corrected chi connectivity index (χ4v) is 6.10. The van der Waals surface area contributed by atoms with Crippen molar-refractivity contribution < 1.29 is 28.8 Å². The van der Waals surface area contributed by atoms with Gasteiger partial charge in [-0.15, -0.1) is 0 Å². The van der Waals surface area contributed by atoms with E-state index in [0.29, 0.717) is 42.9 Å². The van der Waals surface area contributed by atoms with Gasteiger partial charge in [0.25, 0.3) is 0 Å². The van der Waals surface area contributed by atoms with Gasteiger partial charge < -0.3 is 29.0 Å². The molecule has 5 rings (SSSR count). The molecule has 0 aliphatic carbocycles. The van der Waals surface area contributed by atoms with Gasteiger partial charge in [-0.05, 0) is 98.2 Å². The number of rotatable bonds is 10. The van der Waals surface area contributed by atoms with Crippen molar-refractivity contribution >= 4 is 23.2 Å². The van der Waals surface area contributed by atoms with Gasteiger partial charge >= 0.3 is 0 Å². The van der Waals surface area contributed by atoms with E-state index in [9.17, 15) is 9.90 Å². The third-order valence-corrected chi connectivity index (χ3v) is 8.46. The number of halogens is 1. The summed E-state index contributed by atoms with van der Waals surface area (Å²) in [4.78, 5) is 15.8. The molecule has 2 heterocycles. The Morgan fingerprint density at radius 3 is 2.36 bits per heavy atom. The Balaban J connectivity index is 1.56. The van der Waals surface area contributed by atoms with Gasteiger partial charge in [-0.1, -0.05) is 35.9 Å². The second kappa shape index (κ2) is 13.0. The number of benzene rings is 3. The maximum Gasteiger partial charge on any atom is 0.232 e. The largest absolute Gasteiger partial charge is 0.487 e. The lowest BCUT2D eigenvalue weighted by atomic mass is 9.78. The molecule has 7 nitrogen and oxygen atoms in total. The number of anilines is 1. The zero-order valence-electron chi connectivity index (χ0n) is 24.8. The fraction of sp³-hybridized carbons (Fsp3) is 0.441. The van der Waals surface area contributed by atoms with Crippen LogP contribution >= 0.6 is 11.6 Å². The summed E-state index contributed by atoms with van der Waals surface area (Å²) in [6.07, 6.45) is 1.77. The summed E-state index contributed by atoms with van der Waals surface area (Å²) in [5.74, 6) is 1.29. The highest BCUT2D eigenvalue weighted by molar-refractivity contribution is 6.30. The van der Waals surface area contributed by atoms with Crippen molar-refractivity contribution in [1.29, 1.82) is 0 Å². The van der Waals surface area contributed by atoms with Crippen molar-refractivity contribution in [3.63, 3.8) is 0 Å². The summed E-state index contributed by atoms with van der Waals surface area (Å²) in [5, 5.41) is 12.1. The first-order chi connectivity index (χ1) is 20.2. The molecule has 0 aromatic heterocycles. The van der Waals surface area contributed by atoms with Crippen LogP contribution in [0, 0.1) is 5.92 Å². The summed E-state index contributed by atoms with van der Waals surface area (Å²) >= 11 is 6.26. The highest BCUT2D eigenvalue weighted by atomic mass is 35.5. The number of aliphatic hydroxyl groups is 1.